The van der Waals surface area contributed by atoms with E-state index < -0.39 is 11.9 Å². The summed E-state index contributed by atoms with van der Waals surface area (Å²) in [5.74, 6) is -1.87. The Kier molecular flexibility index (Phi) is 5.84. The van der Waals surface area contributed by atoms with Crippen LogP contribution in [-0.2, 0) is 4.79 Å². The van der Waals surface area contributed by atoms with Crippen LogP contribution < -0.4 is 10.4 Å². The molecule has 0 fully saturated rings. The fourth-order valence-corrected chi connectivity index (χ4v) is 3.22. The summed E-state index contributed by atoms with van der Waals surface area (Å²) in [5, 5.41) is 22.9. The van der Waals surface area contributed by atoms with Crippen molar-refractivity contribution in [2.24, 2.45) is 0 Å². The molecule has 2 aromatic carbocycles. The number of benzene rings is 2. The van der Waals surface area contributed by atoms with E-state index in [-0.39, 0.29) is 11.1 Å². The Labute approximate surface area is 174 Å². The Morgan fingerprint density at radius 3 is 2.23 bits per heavy atom. The molecule has 0 bridgehead atoms. The van der Waals surface area contributed by atoms with Crippen LogP contribution in [0.25, 0.3) is 11.8 Å². The maximum atomic E-state index is 12.5. The molecule has 0 spiro atoms. The third-order valence-electron chi connectivity index (χ3n) is 4.81. The molecule has 1 N–H and O–H groups in total. The highest BCUT2D eigenvalue weighted by Gasteiger charge is 2.14. The smallest absolute Gasteiger partial charge is 0.266 e. The lowest BCUT2D eigenvalue weighted by Crippen LogP contribution is -2.22. The van der Waals surface area contributed by atoms with Gasteiger partial charge in [-0.3, -0.25) is 4.79 Å². The van der Waals surface area contributed by atoms with E-state index in [2.05, 4.69) is 9.88 Å². The minimum atomic E-state index is -1.30. The van der Waals surface area contributed by atoms with Crippen LogP contribution in [0.3, 0.4) is 0 Å². The molecule has 0 atom stereocenters. The highest BCUT2D eigenvalue weighted by molar-refractivity contribution is 6.09. The number of nitriles is 1. The van der Waals surface area contributed by atoms with Gasteiger partial charge in [0.05, 0.1) is 5.97 Å². The summed E-state index contributed by atoms with van der Waals surface area (Å²) in [6.07, 6.45) is 1.55. The van der Waals surface area contributed by atoms with Crippen LogP contribution in [-0.4, -0.2) is 16.4 Å². The van der Waals surface area contributed by atoms with E-state index in [0.717, 1.165) is 28.2 Å². The molecular weight excluding hydrogens is 378 g/mol. The van der Waals surface area contributed by atoms with Gasteiger partial charge in [0, 0.05) is 22.8 Å². The van der Waals surface area contributed by atoms with Gasteiger partial charge in [0.2, 0.25) is 0 Å². The highest BCUT2D eigenvalue weighted by Crippen LogP contribution is 2.23. The van der Waals surface area contributed by atoms with Crippen molar-refractivity contribution in [1.29, 1.82) is 5.26 Å². The first-order chi connectivity index (χ1) is 14.3. The monoisotopic (exact) mass is 398 g/mol. The van der Waals surface area contributed by atoms with E-state index >= 15 is 0 Å². The zero-order valence-corrected chi connectivity index (χ0v) is 16.9. The molecule has 1 amide bonds. The predicted octanol–water partition coefficient (Wildman–Crippen LogP) is 3.31. The Bertz CT molecular complexity index is 1180. The quantitative estimate of drug-likeness (QED) is 0.527. The van der Waals surface area contributed by atoms with E-state index in [1.54, 1.807) is 6.08 Å². The molecule has 6 heteroatoms. The second kappa shape index (κ2) is 8.50. The number of amides is 1. The van der Waals surface area contributed by atoms with Crippen LogP contribution in [0.2, 0.25) is 0 Å². The average molecular weight is 398 g/mol. The maximum Gasteiger partial charge on any atom is 0.266 e. The third kappa shape index (κ3) is 4.31. The van der Waals surface area contributed by atoms with Gasteiger partial charge in [-0.05, 0) is 68.3 Å². The molecule has 1 heterocycles. The van der Waals surface area contributed by atoms with Crippen LogP contribution in [0.5, 0.6) is 0 Å². The van der Waals surface area contributed by atoms with Crippen molar-refractivity contribution in [3.63, 3.8) is 0 Å². The van der Waals surface area contributed by atoms with Crippen LogP contribution >= 0.6 is 0 Å². The number of nitrogens with one attached hydrogen (secondary N) is 1. The number of carboxylic acids is 1. The van der Waals surface area contributed by atoms with Gasteiger partial charge in [0.1, 0.15) is 11.6 Å². The molecule has 3 rings (SSSR count). The number of carbonyl (C=O) groups is 2. The number of anilines is 1. The summed E-state index contributed by atoms with van der Waals surface area (Å²) in [6.45, 7) is 5.93. The van der Waals surface area contributed by atoms with E-state index in [0.29, 0.717) is 5.69 Å². The summed E-state index contributed by atoms with van der Waals surface area (Å²) in [5.41, 5.74) is 5.18. The maximum absolute atomic E-state index is 12.5. The summed E-state index contributed by atoms with van der Waals surface area (Å²) in [6, 6.07) is 17.5. The third-order valence-corrected chi connectivity index (χ3v) is 4.81. The number of aromatic nitrogens is 1. The first-order valence-corrected chi connectivity index (χ1v) is 9.30. The molecule has 3 aromatic rings. The number of carbonyl (C=O) groups excluding carboxylic acids is 2. The number of hydrogen-bond donors (Lipinski definition) is 1. The van der Waals surface area contributed by atoms with Gasteiger partial charge >= 0.3 is 0 Å². The van der Waals surface area contributed by atoms with Crippen molar-refractivity contribution < 1.29 is 14.7 Å². The summed E-state index contributed by atoms with van der Waals surface area (Å²) in [4.78, 5) is 23.4. The molecule has 0 saturated carbocycles. The van der Waals surface area contributed by atoms with E-state index in [4.69, 9.17) is 0 Å². The molecule has 30 heavy (non-hydrogen) atoms. The summed E-state index contributed by atoms with van der Waals surface area (Å²) < 4.78 is 2.07. The number of nitrogens with zero attached hydrogens (tertiary/aromatic N) is 2. The topological polar surface area (TPSA) is 98.0 Å². The molecule has 150 valence electrons. The first kappa shape index (κ1) is 20.6. The largest absolute Gasteiger partial charge is 0.545 e. The zero-order chi connectivity index (χ0) is 21.8. The van der Waals surface area contributed by atoms with Gasteiger partial charge in [-0.15, -0.1) is 0 Å². The standard InChI is InChI=1S/C24H21N3O3/c1-15-4-10-22(11-5-15)27-16(2)12-19(17(27)3)13-20(14-25)23(28)26-21-8-6-18(7-9-21)24(29)30/h4-13H,1-3H3,(H,26,28)(H,29,30)/p-1/b20-13+. The predicted molar refractivity (Wildman–Crippen MR) is 113 cm³/mol. The molecule has 0 radical (unpaired) electrons. The normalized spacial score (nSPS) is 11.1. The van der Waals surface area contributed by atoms with Crippen LogP contribution in [0.4, 0.5) is 5.69 Å². The van der Waals surface area contributed by atoms with E-state index in [9.17, 15) is 20.0 Å². The van der Waals surface area contributed by atoms with E-state index in [1.165, 1.54) is 24.3 Å². The van der Waals surface area contributed by atoms with Gasteiger partial charge in [-0.2, -0.15) is 5.26 Å². The fraction of sp³-hybridized carbons (Fsp3) is 0.125. The SMILES string of the molecule is Cc1ccc(-n2c(C)cc(/C=C(\C#N)C(=O)Nc3ccc(C(=O)[O-])cc3)c2C)cc1. The average Bonchev–Trinajstić information content (AvgIpc) is 3.00. The minimum Gasteiger partial charge on any atom is -0.545 e. The molecule has 0 saturated heterocycles. The highest BCUT2D eigenvalue weighted by atomic mass is 16.4. The second-order valence-corrected chi connectivity index (χ2v) is 6.99. The summed E-state index contributed by atoms with van der Waals surface area (Å²) >= 11 is 0. The van der Waals surface area contributed by atoms with Crippen molar-refractivity contribution in [3.05, 3.63) is 88.2 Å². The van der Waals surface area contributed by atoms with Crippen molar-refractivity contribution in [2.75, 3.05) is 5.32 Å². The van der Waals surface area contributed by atoms with Crippen molar-refractivity contribution >= 4 is 23.6 Å². The number of rotatable bonds is 5. The molecule has 1 aromatic heterocycles. The number of carboxylic acid groups (broad SMARTS) is 1. The van der Waals surface area contributed by atoms with Gasteiger partial charge in [-0.25, -0.2) is 0 Å². The Balaban J connectivity index is 1.88. The van der Waals surface area contributed by atoms with Crippen molar-refractivity contribution in [1.82, 2.24) is 4.57 Å². The van der Waals surface area contributed by atoms with Crippen molar-refractivity contribution in [2.45, 2.75) is 20.8 Å². The van der Waals surface area contributed by atoms with Gasteiger partial charge in [-0.1, -0.05) is 29.8 Å². The Morgan fingerprint density at radius 2 is 1.67 bits per heavy atom. The summed E-state index contributed by atoms with van der Waals surface area (Å²) in [7, 11) is 0. The number of aryl methyl sites for hydroxylation is 2. The van der Waals surface area contributed by atoms with Gasteiger partial charge in [0.25, 0.3) is 5.91 Å². The molecular formula is C24H20N3O3-. The number of aromatic carboxylic acids is 1. The molecule has 6 nitrogen and oxygen atoms in total. The fourth-order valence-electron chi connectivity index (χ4n) is 3.22. The lowest BCUT2D eigenvalue weighted by Gasteiger charge is -2.10. The zero-order valence-electron chi connectivity index (χ0n) is 16.9. The molecule has 0 aliphatic carbocycles. The van der Waals surface area contributed by atoms with Crippen LogP contribution in [0, 0.1) is 32.1 Å². The second-order valence-electron chi connectivity index (χ2n) is 6.99. The molecule has 0 aliphatic heterocycles. The van der Waals surface area contributed by atoms with Gasteiger partial charge in [0.15, 0.2) is 0 Å². The first-order valence-electron chi connectivity index (χ1n) is 9.30. The van der Waals surface area contributed by atoms with Crippen molar-refractivity contribution in [3.8, 4) is 11.8 Å². The Morgan fingerprint density at radius 1 is 1.03 bits per heavy atom. The van der Waals surface area contributed by atoms with Crippen LogP contribution in [0.15, 0.2) is 60.2 Å². The number of hydrogen-bond acceptors (Lipinski definition) is 4. The van der Waals surface area contributed by atoms with E-state index in [1.807, 2.05) is 57.2 Å². The lowest BCUT2D eigenvalue weighted by molar-refractivity contribution is -0.255. The molecule has 0 unspecified atom stereocenters. The molecule has 0 aliphatic rings. The Hall–Kier alpha value is -4.11. The van der Waals surface area contributed by atoms with Crippen LogP contribution in [0.1, 0.15) is 32.9 Å². The lowest BCUT2D eigenvalue weighted by atomic mass is 10.1. The minimum absolute atomic E-state index is 0.00703. The van der Waals surface area contributed by atoms with Gasteiger partial charge < -0.3 is 19.8 Å².